The molecular weight excluding hydrogens is 500 g/mol. The van der Waals surface area contributed by atoms with Gasteiger partial charge >= 0.3 is 0 Å². The van der Waals surface area contributed by atoms with E-state index in [1.807, 2.05) is 26.0 Å². The van der Waals surface area contributed by atoms with Gasteiger partial charge in [0.1, 0.15) is 10.8 Å². The number of nitrogens with zero attached hydrogens (tertiary/aromatic N) is 2. The summed E-state index contributed by atoms with van der Waals surface area (Å²) in [5, 5.41) is 3.13. The number of benzene rings is 1. The smallest absolute Gasteiger partial charge is 0.278 e. The molecule has 2 aromatic rings. The molecule has 2 saturated heterocycles. The van der Waals surface area contributed by atoms with E-state index in [0.717, 1.165) is 30.6 Å². The van der Waals surface area contributed by atoms with Crippen LogP contribution in [0.4, 0.5) is 5.82 Å². The van der Waals surface area contributed by atoms with Crippen molar-refractivity contribution in [2.75, 3.05) is 25.1 Å². The highest BCUT2D eigenvalue weighted by molar-refractivity contribution is 6.33. The first-order chi connectivity index (χ1) is 17.9. The average molecular weight is 527 g/mol. The Morgan fingerprint density at radius 3 is 2.97 bits per heavy atom. The molecular formula is C26H27ClN4O6. The van der Waals surface area contributed by atoms with E-state index in [1.54, 1.807) is 18.3 Å². The maximum absolute atomic E-state index is 13.1. The lowest BCUT2D eigenvalue weighted by Gasteiger charge is -2.57. The minimum absolute atomic E-state index is 0.221. The van der Waals surface area contributed by atoms with Crippen LogP contribution in [0.5, 0.6) is 11.5 Å². The Labute approximate surface area is 218 Å². The molecule has 0 spiro atoms. The lowest BCUT2D eigenvalue weighted by Crippen LogP contribution is -2.71. The Morgan fingerprint density at radius 2 is 2.19 bits per heavy atom. The van der Waals surface area contributed by atoms with Crippen molar-refractivity contribution < 1.29 is 28.6 Å². The molecule has 2 fully saturated rings. The Morgan fingerprint density at radius 1 is 1.30 bits per heavy atom. The van der Waals surface area contributed by atoms with Gasteiger partial charge in [0.15, 0.2) is 17.3 Å². The summed E-state index contributed by atoms with van der Waals surface area (Å²) in [5.41, 5.74) is 3.96. The number of carbonyl (C=O) groups excluding carboxylic acids is 1. The summed E-state index contributed by atoms with van der Waals surface area (Å²) in [4.78, 5) is 27.2. The number of nitrogens with one attached hydrogen (secondary N) is 2. The molecule has 2 unspecified atom stereocenters. The Balaban J connectivity index is 1.31. The van der Waals surface area contributed by atoms with Gasteiger partial charge in [0.25, 0.3) is 11.7 Å². The van der Waals surface area contributed by atoms with Gasteiger partial charge < -0.3 is 29.1 Å². The van der Waals surface area contributed by atoms with Gasteiger partial charge in [0, 0.05) is 24.8 Å². The third kappa shape index (κ3) is 4.23. The van der Waals surface area contributed by atoms with Crippen LogP contribution < -0.4 is 20.4 Å². The molecule has 5 heterocycles. The molecule has 37 heavy (non-hydrogen) atoms. The van der Waals surface area contributed by atoms with Crippen LogP contribution in [0.15, 0.2) is 48.0 Å². The second-order valence-corrected chi connectivity index (χ2v) is 9.96. The Kier molecular flexibility index (Phi) is 6.07. The van der Waals surface area contributed by atoms with Gasteiger partial charge in [-0.25, -0.2) is 4.98 Å². The second kappa shape index (κ2) is 9.29. The fraction of sp³-hybridized carbons (Fsp3) is 0.423. The van der Waals surface area contributed by atoms with E-state index in [2.05, 4.69) is 20.8 Å². The number of hydroxylamine groups is 1. The van der Waals surface area contributed by atoms with Crippen LogP contribution in [0.2, 0.25) is 5.02 Å². The van der Waals surface area contributed by atoms with Gasteiger partial charge in [-0.15, -0.1) is 0 Å². The molecule has 1 aromatic carbocycles. The predicted molar refractivity (Wildman–Crippen MR) is 133 cm³/mol. The van der Waals surface area contributed by atoms with Gasteiger partial charge in [0.2, 0.25) is 5.60 Å². The summed E-state index contributed by atoms with van der Waals surface area (Å²) in [5.74, 6) is 0.0364. The highest BCUT2D eigenvalue weighted by Gasteiger charge is 2.69. The summed E-state index contributed by atoms with van der Waals surface area (Å²) in [6.07, 6.45) is 8.64. The zero-order chi connectivity index (χ0) is 25.6. The SMILES string of the molecule is Cc1cnc(NC(=O)C2=CC3(O[C@H]4CCOC4)OC(=C2)C3(C)Oc2ccc3c(c2Cl)ONCCC3)cn1. The number of rotatable bonds is 6. The van der Waals surface area contributed by atoms with Crippen LogP contribution in [0, 0.1) is 6.92 Å². The fourth-order valence-corrected chi connectivity index (χ4v) is 5.05. The van der Waals surface area contributed by atoms with Crippen LogP contribution in [0.1, 0.15) is 31.0 Å². The molecule has 4 aliphatic heterocycles. The highest BCUT2D eigenvalue weighted by Crippen LogP contribution is 2.56. The average Bonchev–Trinajstić information content (AvgIpc) is 3.28. The lowest BCUT2D eigenvalue weighted by atomic mass is 9.79. The number of hydrogen-bond acceptors (Lipinski definition) is 9. The summed E-state index contributed by atoms with van der Waals surface area (Å²) in [6, 6.07) is 3.78. The Hall–Kier alpha value is -3.18. The van der Waals surface area contributed by atoms with Crippen LogP contribution in [-0.4, -0.2) is 53.1 Å². The molecule has 11 heteroatoms. The van der Waals surface area contributed by atoms with Crippen LogP contribution in [0.3, 0.4) is 0 Å². The number of carbonyl (C=O) groups is 1. The molecule has 2 N–H and O–H groups in total. The topological polar surface area (TPSA) is 113 Å². The van der Waals surface area contributed by atoms with Crippen molar-refractivity contribution in [1.29, 1.82) is 0 Å². The summed E-state index contributed by atoms with van der Waals surface area (Å²) >= 11 is 6.74. The third-order valence-electron chi connectivity index (χ3n) is 6.90. The highest BCUT2D eigenvalue weighted by atomic mass is 35.5. The number of ether oxygens (including phenoxy) is 4. The molecule has 0 saturated carbocycles. The van der Waals surface area contributed by atoms with Gasteiger partial charge in [-0.05, 0) is 50.8 Å². The molecule has 1 aliphatic carbocycles. The quantitative estimate of drug-likeness (QED) is 0.584. The fourth-order valence-electron chi connectivity index (χ4n) is 4.79. The molecule has 0 radical (unpaired) electrons. The molecule has 3 atom stereocenters. The maximum atomic E-state index is 13.1. The van der Waals surface area contributed by atoms with E-state index in [1.165, 1.54) is 6.20 Å². The molecule has 10 nitrogen and oxygen atoms in total. The van der Waals surface area contributed by atoms with Crippen molar-refractivity contribution in [3.05, 3.63) is 64.3 Å². The number of fused-ring (bicyclic) bond motifs is 2. The van der Waals surface area contributed by atoms with E-state index in [0.29, 0.717) is 53.3 Å². The van der Waals surface area contributed by atoms with Crippen molar-refractivity contribution in [3.63, 3.8) is 0 Å². The lowest BCUT2D eigenvalue weighted by molar-refractivity contribution is -0.347. The van der Waals surface area contributed by atoms with Crippen LogP contribution in [0.25, 0.3) is 0 Å². The number of hydrogen-bond donors (Lipinski definition) is 2. The van der Waals surface area contributed by atoms with Crippen molar-refractivity contribution in [1.82, 2.24) is 15.4 Å². The largest absolute Gasteiger partial charge is 0.471 e. The van der Waals surface area contributed by atoms with Gasteiger partial charge in [0.05, 0.1) is 30.8 Å². The summed E-state index contributed by atoms with van der Waals surface area (Å²) in [7, 11) is 0. The van der Waals surface area contributed by atoms with Crippen molar-refractivity contribution in [2.24, 2.45) is 0 Å². The van der Waals surface area contributed by atoms with Crippen LogP contribution in [-0.2, 0) is 25.4 Å². The maximum Gasteiger partial charge on any atom is 0.278 e. The molecule has 2 bridgehead atoms. The number of anilines is 1. The first kappa shape index (κ1) is 24.2. The van der Waals surface area contributed by atoms with E-state index in [9.17, 15) is 4.79 Å². The standard InChI is InChI=1S/C26H27ClN4O6/c1-15-12-29-21(13-28-15)31-24(32)17-10-20-25(2,26(11-17,36-20)34-18-7-9-33-14-18)35-19-6-5-16-4-3-8-30-37-23(16)22(19)27/h5-6,10-13,18,30H,3-4,7-9,14H2,1-2H3,(H,29,31,32)/t18-,25?,26?/m0/s1. The van der Waals surface area contributed by atoms with E-state index >= 15 is 0 Å². The number of aryl methyl sites for hydroxylation is 2. The van der Waals surface area contributed by atoms with Crippen molar-refractivity contribution >= 4 is 23.3 Å². The van der Waals surface area contributed by atoms with E-state index in [-0.39, 0.29) is 12.0 Å². The van der Waals surface area contributed by atoms with Gasteiger partial charge in [-0.1, -0.05) is 17.7 Å². The second-order valence-electron chi connectivity index (χ2n) is 9.58. The molecule has 7 rings (SSSR count). The van der Waals surface area contributed by atoms with Gasteiger partial charge in [-0.3, -0.25) is 9.78 Å². The summed E-state index contributed by atoms with van der Waals surface area (Å²) < 4.78 is 24.6. The van der Waals surface area contributed by atoms with Gasteiger partial charge in [-0.2, -0.15) is 5.48 Å². The zero-order valence-corrected chi connectivity index (χ0v) is 21.3. The predicted octanol–water partition coefficient (Wildman–Crippen LogP) is 3.40. The normalized spacial score (nSPS) is 27.9. The van der Waals surface area contributed by atoms with Crippen molar-refractivity contribution in [2.45, 2.75) is 50.6 Å². The summed E-state index contributed by atoms with van der Waals surface area (Å²) in [6.45, 7) is 5.42. The third-order valence-corrected chi connectivity index (χ3v) is 7.26. The minimum Gasteiger partial charge on any atom is -0.471 e. The van der Waals surface area contributed by atoms with E-state index < -0.39 is 11.4 Å². The molecule has 194 valence electrons. The molecule has 5 aliphatic rings. The first-order valence-electron chi connectivity index (χ1n) is 12.3. The Bertz CT molecular complexity index is 1290. The van der Waals surface area contributed by atoms with E-state index in [4.69, 9.17) is 35.4 Å². The number of halogens is 1. The minimum atomic E-state index is -1.36. The number of aromatic nitrogens is 2. The molecule has 1 amide bonds. The molecule has 1 aromatic heterocycles. The van der Waals surface area contributed by atoms with Crippen molar-refractivity contribution in [3.8, 4) is 11.5 Å². The number of amides is 1. The van der Waals surface area contributed by atoms with Crippen LogP contribution >= 0.6 is 11.6 Å². The first-order valence-corrected chi connectivity index (χ1v) is 12.6. The monoisotopic (exact) mass is 526 g/mol. The zero-order valence-electron chi connectivity index (χ0n) is 20.5.